The zero-order valence-electron chi connectivity index (χ0n) is 11.1. The molecule has 0 bridgehead atoms. The Morgan fingerprint density at radius 2 is 1.76 bits per heavy atom. The predicted octanol–water partition coefficient (Wildman–Crippen LogP) is 3.45. The molecule has 0 aromatic rings. The summed E-state index contributed by atoms with van der Waals surface area (Å²) < 4.78 is 0. The zero-order chi connectivity index (χ0) is 12.1. The lowest BCUT2D eigenvalue weighted by molar-refractivity contribution is 0.592. The van der Waals surface area contributed by atoms with Crippen molar-refractivity contribution in [2.75, 3.05) is 13.1 Å². The molecule has 0 amide bonds. The Balaban J connectivity index is 0. The fourth-order valence-corrected chi connectivity index (χ4v) is 1.50. The summed E-state index contributed by atoms with van der Waals surface area (Å²) in [6, 6.07) is 0. The Kier molecular flexibility index (Phi) is 17.7. The topological polar surface area (TPSA) is 50.4 Å². The van der Waals surface area contributed by atoms with E-state index < -0.39 is 0 Å². The minimum Gasteiger partial charge on any atom is -0.370 e. The number of hydrogen-bond donors (Lipinski definition) is 2. The Morgan fingerprint density at radius 1 is 1.18 bits per heavy atom. The lowest BCUT2D eigenvalue weighted by atomic mass is 10.1. The van der Waals surface area contributed by atoms with E-state index in [-0.39, 0.29) is 24.0 Å². The molecule has 4 heteroatoms. The first kappa shape index (κ1) is 19.1. The Bertz CT molecular complexity index is 193. The number of guanidine groups is 1. The van der Waals surface area contributed by atoms with Crippen molar-refractivity contribution in [2.45, 2.75) is 51.9 Å². The zero-order valence-corrected chi connectivity index (χ0v) is 13.4. The van der Waals surface area contributed by atoms with Gasteiger partial charge in [0.05, 0.1) is 0 Å². The van der Waals surface area contributed by atoms with Crippen LogP contribution in [0.4, 0.5) is 0 Å². The number of nitrogens with zero attached hydrogens (tertiary/aromatic N) is 1. The summed E-state index contributed by atoms with van der Waals surface area (Å²) in [6.07, 6.45) is 10.9. The van der Waals surface area contributed by atoms with E-state index in [4.69, 9.17) is 5.73 Å². The van der Waals surface area contributed by atoms with Gasteiger partial charge in [0.1, 0.15) is 0 Å². The molecule has 0 atom stereocenters. The van der Waals surface area contributed by atoms with E-state index >= 15 is 0 Å². The van der Waals surface area contributed by atoms with Crippen LogP contribution >= 0.6 is 24.0 Å². The maximum absolute atomic E-state index is 5.63. The number of aliphatic imine (C=N–C) groups is 1. The third-order valence-electron chi connectivity index (χ3n) is 2.47. The van der Waals surface area contributed by atoms with E-state index in [2.05, 4.69) is 23.8 Å². The molecule has 102 valence electrons. The second kappa shape index (κ2) is 15.7. The molecule has 0 unspecified atom stereocenters. The summed E-state index contributed by atoms with van der Waals surface area (Å²) >= 11 is 0. The fourth-order valence-electron chi connectivity index (χ4n) is 1.50. The van der Waals surface area contributed by atoms with E-state index in [1.54, 1.807) is 6.08 Å². The van der Waals surface area contributed by atoms with Crippen molar-refractivity contribution in [2.24, 2.45) is 10.7 Å². The lowest BCUT2D eigenvalue weighted by Gasteiger charge is -2.02. The number of nitrogens with two attached hydrogens (primary N) is 1. The summed E-state index contributed by atoms with van der Waals surface area (Å²) in [7, 11) is 0. The van der Waals surface area contributed by atoms with Gasteiger partial charge >= 0.3 is 0 Å². The van der Waals surface area contributed by atoms with Crippen LogP contribution in [-0.4, -0.2) is 19.0 Å². The van der Waals surface area contributed by atoms with Crippen molar-refractivity contribution in [3.8, 4) is 0 Å². The molecule has 0 aliphatic heterocycles. The van der Waals surface area contributed by atoms with Crippen LogP contribution in [-0.2, 0) is 0 Å². The van der Waals surface area contributed by atoms with Crippen LogP contribution in [0.2, 0.25) is 0 Å². The van der Waals surface area contributed by atoms with E-state index in [0.717, 1.165) is 13.0 Å². The standard InChI is InChI=1S/C13H27N3.HI/c1-3-5-6-7-8-9-10-12-16-13(14)15-11-4-2;/h4H,2-3,5-12H2,1H3,(H3,14,15,16);1H. The third-order valence-corrected chi connectivity index (χ3v) is 2.47. The van der Waals surface area contributed by atoms with Gasteiger partial charge in [-0.25, -0.2) is 0 Å². The number of rotatable bonds is 10. The largest absolute Gasteiger partial charge is 0.370 e. The van der Waals surface area contributed by atoms with Crippen LogP contribution in [0, 0.1) is 0 Å². The highest BCUT2D eigenvalue weighted by molar-refractivity contribution is 14.0. The smallest absolute Gasteiger partial charge is 0.188 e. The summed E-state index contributed by atoms with van der Waals surface area (Å²) in [5.74, 6) is 0.533. The molecule has 0 aromatic carbocycles. The fraction of sp³-hybridized carbons (Fsp3) is 0.769. The summed E-state index contributed by atoms with van der Waals surface area (Å²) in [6.45, 7) is 7.37. The van der Waals surface area contributed by atoms with Gasteiger partial charge in [-0.2, -0.15) is 0 Å². The Hall–Kier alpha value is -0.260. The van der Waals surface area contributed by atoms with Crippen LogP contribution < -0.4 is 11.1 Å². The molecular formula is C13H28IN3. The van der Waals surface area contributed by atoms with Crippen molar-refractivity contribution in [3.63, 3.8) is 0 Å². The minimum absolute atomic E-state index is 0. The van der Waals surface area contributed by atoms with Gasteiger partial charge in [0.25, 0.3) is 0 Å². The molecule has 0 rings (SSSR count). The SMILES string of the molecule is C=CCNC(N)=NCCCCCCCCC.I. The van der Waals surface area contributed by atoms with Crippen LogP contribution in [0.1, 0.15) is 51.9 Å². The molecule has 0 aromatic heterocycles. The molecule has 3 N–H and O–H groups in total. The maximum atomic E-state index is 5.63. The van der Waals surface area contributed by atoms with Crippen LogP contribution in [0.3, 0.4) is 0 Å². The van der Waals surface area contributed by atoms with E-state index in [1.807, 2.05) is 0 Å². The van der Waals surface area contributed by atoms with Gasteiger partial charge in [0, 0.05) is 13.1 Å². The maximum Gasteiger partial charge on any atom is 0.188 e. The molecule has 0 saturated heterocycles. The van der Waals surface area contributed by atoms with Crippen molar-refractivity contribution in [3.05, 3.63) is 12.7 Å². The molecule has 0 aliphatic carbocycles. The molecule has 0 heterocycles. The van der Waals surface area contributed by atoms with E-state index in [1.165, 1.54) is 38.5 Å². The Morgan fingerprint density at radius 3 is 2.35 bits per heavy atom. The first-order valence-electron chi connectivity index (χ1n) is 6.46. The van der Waals surface area contributed by atoms with Gasteiger partial charge in [0.2, 0.25) is 0 Å². The molecule has 3 nitrogen and oxygen atoms in total. The van der Waals surface area contributed by atoms with E-state index in [0.29, 0.717) is 12.5 Å². The van der Waals surface area contributed by atoms with Gasteiger partial charge < -0.3 is 11.1 Å². The normalized spacial score (nSPS) is 10.8. The van der Waals surface area contributed by atoms with Gasteiger partial charge in [-0.15, -0.1) is 30.6 Å². The van der Waals surface area contributed by atoms with Crippen molar-refractivity contribution in [1.29, 1.82) is 0 Å². The van der Waals surface area contributed by atoms with E-state index in [9.17, 15) is 0 Å². The number of nitrogens with one attached hydrogen (secondary N) is 1. The molecule has 0 radical (unpaired) electrons. The average molecular weight is 353 g/mol. The summed E-state index contributed by atoms with van der Waals surface area (Å²) in [5.41, 5.74) is 5.63. The highest BCUT2D eigenvalue weighted by atomic mass is 127. The lowest BCUT2D eigenvalue weighted by Crippen LogP contribution is -2.31. The molecule has 0 spiro atoms. The number of halogens is 1. The monoisotopic (exact) mass is 353 g/mol. The van der Waals surface area contributed by atoms with Gasteiger partial charge in [-0.3, -0.25) is 4.99 Å². The van der Waals surface area contributed by atoms with Gasteiger partial charge in [-0.05, 0) is 6.42 Å². The first-order chi connectivity index (χ1) is 7.81. The first-order valence-corrected chi connectivity index (χ1v) is 6.46. The molecule has 0 fully saturated rings. The second-order valence-corrected chi connectivity index (χ2v) is 4.06. The number of hydrogen-bond acceptors (Lipinski definition) is 1. The third kappa shape index (κ3) is 15.7. The molecule has 17 heavy (non-hydrogen) atoms. The molecule has 0 saturated carbocycles. The Labute approximate surface area is 123 Å². The number of unbranched alkanes of at least 4 members (excludes halogenated alkanes) is 6. The van der Waals surface area contributed by atoms with Crippen molar-refractivity contribution < 1.29 is 0 Å². The van der Waals surface area contributed by atoms with Crippen LogP contribution in [0.15, 0.2) is 17.6 Å². The van der Waals surface area contributed by atoms with Crippen molar-refractivity contribution >= 4 is 29.9 Å². The predicted molar refractivity (Wildman–Crippen MR) is 88.1 cm³/mol. The van der Waals surface area contributed by atoms with Gasteiger partial charge in [0.15, 0.2) is 5.96 Å². The summed E-state index contributed by atoms with van der Waals surface area (Å²) in [5, 5.41) is 2.96. The average Bonchev–Trinajstić information content (AvgIpc) is 2.30. The van der Waals surface area contributed by atoms with Crippen molar-refractivity contribution in [1.82, 2.24) is 5.32 Å². The highest BCUT2D eigenvalue weighted by Crippen LogP contribution is 2.06. The molecule has 0 aliphatic rings. The van der Waals surface area contributed by atoms with Crippen LogP contribution in [0.25, 0.3) is 0 Å². The minimum atomic E-state index is 0. The second-order valence-electron chi connectivity index (χ2n) is 4.06. The van der Waals surface area contributed by atoms with Crippen LogP contribution in [0.5, 0.6) is 0 Å². The quantitative estimate of drug-likeness (QED) is 0.208. The highest BCUT2D eigenvalue weighted by Gasteiger charge is 1.91. The molecular weight excluding hydrogens is 325 g/mol. The summed E-state index contributed by atoms with van der Waals surface area (Å²) in [4.78, 5) is 4.23. The van der Waals surface area contributed by atoms with Gasteiger partial charge in [-0.1, -0.05) is 51.5 Å².